The lowest BCUT2D eigenvalue weighted by atomic mass is 9.29. The third-order valence-corrected chi connectivity index (χ3v) is 22.4. The summed E-state index contributed by atoms with van der Waals surface area (Å²) in [7, 11) is 0. The first kappa shape index (κ1) is 47.9. The van der Waals surface area contributed by atoms with Crippen molar-refractivity contribution in [2.75, 3.05) is 6.54 Å². The molecule has 1 amide bonds. The zero-order valence-corrected chi connectivity index (χ0v) is 42.4. The highest BCUT2D eigenvalue weighted by atomic mass is 16.6. The molecule has 11 heteroatoms. The Balaban J connectivity index is 0.899. The fourth-order valence-corrected chi connectivity index (χ4v) is 18.7. The van der Waals surface area contributed by atoms with E-state index in [9.17, 15) is 24.8 Å². The number of amides is 1. The molecule has 2 aromatic carbocycles. The molecule has 1 aliphatic heterocycles. The molecule has 69 heavy (non-hydrogen) atoms. The SMILES string of the molecule is C=C(C)C1CC[C@]2(C(=O)N3CCCC3c3ncc(-c4ccc([N+](=O)[O-])cc4)[nH]3)CC[C@]3(C)[C@H](CC[C@@H]4[C@]5(C)CC[C@H]([C@@]6(C(=O)O)C[C@@H](C(=O)OCc7ccccc7)C6(C)C)C(C)(C)[C@H]5CC[C@]43C)[C@@H]12. The maximum Gasteiger partial charge on any atom is 0.310 e. The van der Waals surface area contributed by atoms with Crippen molar-refractivity contribution in [1.29, 1.82) is 0 Å². The predicted molar refractivity (Wildman–Crippen MR) is 265 cm³/mol. The van der Waals surface area contributed by atoms with E-state index in [2.05, 4.69) is 58.0 Å². The van der Waals surface area contributed by atoms with Gasteiger partial charge in [-0.15, -0.1) is 0 Å². The van der Waals surface area contributed by atoms with Gasteiger partial charge in [0, 0.05) is 24.2 Å². The monoisotopic (exact) mass is 941 g/mol. The van der Waals surface area contributed by atoms with E-state index < -0.39 is 33.1 Å². The number of ether oxygens (including phenoxy) is 1. The van der Waals surface area contributed by atoms with E-state index in [0.717, 1.165) is 99.7 Å². The van der Waals surface area contributed by atoms with Gasteiger partial charge in [0.1, 0.15) is 12.4 Å². The molecular formula is C58H76N4O7. The minimum atomic E-state index is -1.03. The molecule has 0 spiro atoms. The quantitative estimate of drug-likeness (QED) is 0.0881. The Bertz CT molecular complexity index is 2550. The molecule has 2 N–H and O–H groups in total. The normalized spacial score (nSPS) is 39.4. The van der Waals surface area contributed by atoms with Gasteiger partial charge >= 0.3 is 11.9 Å². The number of carboxylic acid groups (broad SMARTS) is 1. The first-order valence-electron chi connectivity index (χ1n) is 26.3. The number of aromatic amines is 1. The molecule has 6 saturated carbocycles. The smallest absolute Gasteiger partial charge is 0.310 e. The Kier molecular flexibility index (Phi) is 11.4. The van der Waals surface area contributed by atoms with E-state index in [1.54, 1.807) is 18.3 Å². The van der Waals surface area contributed by atoms with Gasteiger partial charge in [-0.3, -0.25) is 24.5 Å². The summed E-state index contributed by atoms with van der Waals surface area (Å²) >= 11 is 0. The van der Waals surface area contributed by atoms with Crippen molar-refractivity contribution in [3.63, 3.8) is 0 Å². The predicted octanol–water partition coefficient (Wildman–Crippen LogP) is 12.8. The van der Waals surface area contributed by atoms with Crippen LogP contribution in [0.4, 0.5) is 5.69 Å². The van der Waals surface area contributed by atoms with Crippen LogP contribution in [0.25, 0.3) is 11.3 Å². The Hall–Kier alpha value is -4.80. The number of aromatic nitrogens is 2. The van der Waals surface area contributed by atoms with Crippen molar-refractivity contribution in [2.45, 2.75) is 152 Å². The van der Waals surface area contributed by atoms with Gasteiger partial charge in [0.15, 0.2) is 0 Å². The molecule has 2 heterocycles. The fourth-order valence-electron chi connectivity index (χ4n) is 18.7. The summed E-state index contributed by atoms with van der Waals surface area (Å²) in [4.78, 5) is 64.7. The lowest BCUT2D eigenvalue weighted by molar-refractivity contribution is -0.384. The molecule has 0 radical (unpaired) electrons. The number of imidazole rings is 1. The van der Waals surface area contributed by atoms with E-state index in [1.807, 2.05) is 44.2 Å². The molecule has 11 nitrogen and oxygen atoms in total. The highest BCUT2D eigenvalue weighted by molar-refractivity contribution is 5.85. The summed E-state index contributed by atoms with van der Waals surface area (Å²) in [6.45, 7) is 24.3. The zero-order valence-electron chi connectivity index (χ0n) is 42.4. The second-order valence-corrected chi connectivity index (χ2v) is 25.2. The summed E-state index contributed by atoms with van der Waals surface area (Å²) < 4.78 is 5.87. The minimum Gasteiger partial charge on any atom is -0.481 e. The summed E-state index contributed by atoms with van der Waals surface area (Å²) in [6.07, 6.45) is 13.8. The number of hydrogen-bond donors (Lipinski definition) is 2. The zero-order chi connectivity index (χ0) is 49.3. The molecule has 10 rings (SSSR count). The van der Waals surface area contributed by atoms with Gasteiger partial charge in [-0.25, -0.2) is 4.98 Å². The minimum absolute atomic E-state index is 0.0219. The summed E-state index contributed by atoms with van der Waals surface area (Å²) in [6, 6.07) is 16.1. The molecule has 370 valence electrons. The van der Waals surface area contributed by atoms with E-state index in [1.165, 1.54) is 17.7 Å². The number of esters is 1. The van der Waals surface area contributed by atoms with Crippen LogP contribution in [0.3, 0.4) is 0 Å². The van der Waals surface area contributed by atoms with E-state index in [4.69, 9.17) is 9.72 Å². The van der Waals surface area contributed by atoms with Crippen molar-refractivity contribution < 1.29 is 29.2 Å². The van der Waals surface area contributed by atoms with Crippen molar-refractivity contribution >= 4 is 23.5 Å². The topological polar surface area (TPSA) is 156 Å². The molecule has 1 saturated heterocycles. The number of aliphatic carboxylic acids is 1. The van der Waals surface area contributed by atoms with Crippen LogP contribution in [0.5, 0.6) is 0 Å². The van der Waals surface area contributed by atoms with Crippen LogP contribution in [0, 0.1) is 89.4 Å². The Morgan fingerprint density at radius 2 is 1.57 bits per heavy atom. The first-order chi connectivity index (χ1) is 32.6. The molecule has 7 fully saturated rings. The largest absolute Gasteiger partial charge is 0.481 e. The highest BCUT2D eigenvalue weighted by Crippen LogP contribution is 2.80. The number of likely N-dealkylation sites (tertiary alicyclic amines) is 1. The fraction of sp³-hybridized carbons (Fsp3) is 0.655. The van der Waals surface area contributed by atoms with E-state index in [-0.39, 0.29) is 63.7 Å². The standard InChI is InChI=1S/C58H76N4O7/c1-35(2)39-23-28-57(50(64)61-31-13-16-43(61)48-59-33-42(60-48)37-17-19-38(20-18-37)62(67)68)30-29-55(8)40(47(39)57)21-22-46-54(7)26-24-45(52(3,4)44(54)25-27-56(46,55)9)58(51(65)66)32-41(53(58,5)6)49(63)69-34-36-14-11-10-12-15-36/h10-12,14-15,17-20,33,39-41,43-47H,1,13,16,21-32,34H2,2-9H3,(H,59,60)(H,65,66)/t39?,40-,41+,43?,44-,45+,46-,47-,54-,55-,56-,57+,58-/m1/s1. The van der Waals surface area contributed by atoms with Crippen LogP contribution in [0.15, 0.2) is 72.9 Å². The van der Waals surface area contributed by atoms with Crippen LogP contribution < -0.4 is 0 Å². The summed E-state index contributed by atoms with van der Waals surface area (Å²) in [5, 5.41) is 22.7. The van der Waals surface area contributed by atoms with Crippen molar-refractivity contribution in [3.8, 4) is 11.3 Å². The number of nitrogens with zero attached hydrogens (tertiary/aromatic N) is 3. The Labute approximate surface area is 409 Å². The van der Waals surface area contributed by atoms with Gasteiger partial charge in [-0.1, -0.05) is 91.0 Å². The number of nitro benzene ring substituents is 1. The second kappa shape index (κ2) is 16.4. The maximum absolute atomic E-state index is 15.7. The molecule has 13 atom stereocenters. The Morgan fingerprint density at radius 3 is 2.23 bits per heavy atom. The van der Waals surface area contributed by atoms with Crippen molar-refractivity contribution in [3.05, 3.63) is 94.4 Å². The van der Waals surface area contributed by atoms with Crippen molar-refractivity contribution in [2.24, 2.45) is 79.3 Å². The number of carbonyl (C=O) groups is 3. The highest BCUT2D eigenvalue weighted by Gasteiger charge is 2.77. The van der Waals surface area contributed by atoms with E-state index in [0.29, 0.717) is 36.6 Å². The average molecular weight is 941 g/mol. The average Bonchev–Trinajstić information content (AvgIpc) is 4.09. The number of non-ortho nitro benzene ring substituents is 1. The van der Waals surface area contributed by atoms with Crippen LogP contribution in [0.1, 0.15) is 156 Å². The Morgan fingerprint density at radius 1 is 0.855 bits per heavy atom. The van der Waals surface area contributed by atoms with Crippen LogP contribution in [-0.4, -0.2) is 49.3 Å². The van der Waals surface area contributed by atoms with Gasteiger partial charge in [-0.05, 0) is 171 Å². The molecule has 6 aliphatic carbocycles. The van der Waals surface area contributed by atoms with Crippen LogP contribution in [-0.2, 0) is 25.7 Å². The molecule has 0 bridgehead atoms. The second-order valence-electron chi connectivity index (χ2n) is 25.2. The third-order valence-electron chi connectivity index (χ3n) is 22.4. The maximum atomic E-state index is 15.7. The van der Waals surface area contributed by atoms with E-state index >= 15 is 4.79 Å². The van der Waals surface area contributed by atoms with Crippen molar-refractivity contribution in [1.82, 2.24) is 14.9 Å². The first-order valence-corrected chi connectivity index (χ1v) is 26.3. The molecule has 2 unspecified atom stereocenters. The third kappa shape index (κ3) is 6.68. The van der Waals surface area contributed by atoms with Gasteiger partial charge in [0.05, 0.1) is 39.6 Å². The number of rotatable bonds is 10. The number of carbonyl (C=O) groups excluding carboxylic acids is 2. The van der Waals surface area contributed by atoms with Gasteiger partial charge in [-0.2, -0.15) is 0 Å². The number of hydrogen-bond acceptors (Lipinski definition) is 7. The van der Waals surface area contributed by atoms with Gasteiger partial charge in [0.2, 0.25) is 5.91 Å². The van der Waals surface area contributed by atoms with Crippen LogP contribution >= 0.6 is 0 Å². The summed E-state index contributed by atoms with van der Waals surface area (Å²) in [5.74, 6) is 1.17. The number of H-pyrrole nitrogens is 1. The number of allylic oxidation sites excluding steroid dienone is 1. The number of nitro groups is 1. The number of carboxylic acids is 1. The van der Waals surface area contributed by atoms with Gasteiger partial charge in [0.25, 0.3) is 5.69 Å². The molecule has 1 aromatic heterocycles. The lowest BCUT2D eigenvalue weighted by Gasteiger charge is -2.74. The number of nitrogens with one attached hydrogen (secondary N) is 1. The molecule has 7 aliphatic rings. The molecule has 3 aromatic rings. The number of benzene rings is 2. The summed E-state index contributed by atoms with van der Waals surface area (Å²) in [5.41, 5.74) is 1.35. The van der Waals surface area contributed by atoms with Gasteiger partial charge < -0.3 is 19.7 Å². The number of fused-ring (bicyclic) bond motifs is 7. The van der Waals surface area contributed by atoms with Crippen LogP contribution in [0.2, 0.25) is 0 Å². The lowest BCUT2D eigenvalue weighted by Crippen LogP contribution is -2.71. The molecular weight excluding hydrogens is 865 g/mol.